The Morgan fingerprint density at radius 2 is 1.50 bits per heavy atom. The monoisotopic (exact) mass is 486 g/mol. The first-order valence-corrected chi connectivity index (χ1v) is 12.7. The number of piperidine rings is 1. The molecule has 0 atom stereocenters. The maximum Gasteiger partial charge on any atom is 0.261 e. The molecule has 152 valence electrons. The van der Waals surface area contributed by atoms with Crippen molar-refractivity contribution in [3.8, 4) is 0 Å². The molecule has 1 aliphatic rings. The first kappa shape index (κ1) is 21.3. The molecule has 28 heavy (non-hydrogen) atoms. The molecule has 0 bridgehead atoms. The van der Waals surface area contributed by atoms with Crippen LogP contribution in [0.1, 0.15) is 30.4 Å². The number of hydrogen-bond donors (Lipinski definition) is 1. The Balaban J connectivity index is 1.94. The second kappa shape index (κ2) is 8.14. The van der Waals surface area contributed by atoms with Gasteiger partial charge in [0.15, 0.2) is 0 Å². The smallest absolute Gasteiger partial charge is 0.261 e. The Hall–Kier alpha value is -1.42. The maximum absolute atomic E-state index is 12.9. The predicted molar refractivity (Wildman–Crippen MR) is 113 cm³/mol. The molecule has 0 saturated carbocycles. The molecule has 1 heterocycles. The molecule has 1 N–H and O–H groups in total. The number of anilines is 1. The van der Waals surface area contributed by atoms with E-state index in [9.17, 15) is 16.8 Å². The van der Waals surface area contributed by atoms with Gasteiger partial charge >= 0.3 is 0 Å². The average molecular weight is 487 g/mol. The third-order valence-corrected chi connectivity index (χ3v) is 8.99. The SMILES string of the molecule is Cc1cc(S(=O)(=O)Nc2cc(S(=O)(=O)N3CCCCC3)ccc2C)ccc1Br. The molecule has 0 aliphatic carbocycles. The van der Waals surface area contributed by atoms with Crippen molar-refractivity contribution in [2.75, 3.05) is 17.8 Å². The van der Waals surface area contributed by atoms with E-state index in [0.29, 0.717) is 18.7 Å². The minimum Gasteiger partial charge on any atom is -0.279 e. The molecule has 9 heteroatoms. The standard InChI is InChI=1S/C19H23BrN2O4S2/c1-14-6-7-17(28(25,26)22-10-4-3-5-11-22)13-19(14)21-27(23,24)16-8-9-18(20)15(2)12-16/h6-9,12-13,21H,3-5,10-11H2,1-2H3. The summed E-state index contributed by atoms with van der Waals surface area (Å²) in [5, 5.41) is 0. The van der Waals surface area contributed by atoms with Gasteiger partial charge in [-0.2, -0.15) is 4.31 Å². The van der Waals surface area contributed by atoms with Crippen LogP contribution in [-0.4, -0.2) is 34.2 Å². The van der Waals surface area contributed by atoms with Crippen molar-refractivity contribution in [3.05, 3.63) is 52.0 Å². The third kappa shape index (κ3) is 4.42. The summed E-state index contributed by atoms with van der Waals surface area (Å²) >= 11 is 3.36. The molecule has 1 fully saturated rings. The van der Waals surface area contributed by atoms with Gasteiger partial charge in [0.25, 0.3) is 10.0 Å². The van der Waals surface area contributed by atoms with Gasteiger partial charge < -0.3 is 0 Å². The van der Waals surface area contributed by atoms with Crippen LogP contribution in [0.25, 0.3) is 0 Å². The van der Waals surface area contributed by atoms with Crippen LogP contribution >= 0.6 is 15.9 Å². The van der Waals surface area contributed by atoms with Crippen molar-refractivity contribution in [3.63, 3.8) is 0 Å². The fraction of sp³-hybridized carbons (Fsp3) is 0.368. The number of sulfonamides is 2. The zero-order valence-electron chi connectivity index (χ0n) is 15.8. The lowest BCUT2D eigenvalue weighted by Gasteiger charge is -2.26. The van der Waals surface area contributed by atoms with Crippen molar-refractivity contribution < 1.29 is 16.8 Å². The predicted octanol–water partition coefficient (Wildman–Crippen LogP) is 4.04. The van der Waals surface area contributed by atoms with E-state index in [1.807, 2.05) is 0 Å². The number of aryl methyl sites for hydroxylation is 2. The zero-order valence-corrected chi connectivity index (χ0v) is 19.0. The van der Waals surface area contributed by atoms with Crippen LogP contribution < -0.4 is 4.72 Å². The minimum atomic E-state index is -3.84. The van der Waals surface area contributed by atoms with Gasteiger partial charge in [0, 0.05) is 17.6 Å². The van der Waals surface area contributed by atoms with E-state index in [4.69, 9.17) is 0 Å². The molecule has 0 unspecified atom stereocenters. The number of nitrogens with zero attached hydrogens (tertiary/aromatic N) is 1. The minimum absolute atomic E-state index is 0.102. The molecule has 0 radical (unpaired) electrons. The largest absolute Gasteiger partial charge is 0.279 e. The summed E-state index contributed by atoms with van der Waals surface area (Å²) in [7, 11) is -7.48. The van der Waals surface area contributed by atoms with Crippen LogP contribution in [0.3, 0.4) is 0 Å². The van der Waals surface area contributed by atoms with Crippen molar-refractivity contribution in [1.82, 2.24) is 4.31 Å². The highest BCUT2D eigenvalue weighted by atomic mass is 79.9. The van der Waals surface area contributed by atoms with E-state index >= 15 is 0 Å². The lowest BCUT2D eigenvalue weighted by Crippen LogP contribution is -2.35. The Kier molecular flexibility index (Phi) is 6.19. The molecule has 0 amide bonds. The lowest BCUT2D eigenvalue weighted by molar-refractivity contribution is 0.346. The topological polar surface area (TPSA) is 83.5 Å². The molecule has 1 saturated heterocycles. The Morgan fingerprint density at radius 3 is 2.14 bits per heavy atom. The van der Waals surface area contributed by atoms with Gasteiger partial charge in [0.05, 0.1) is 15.5 Å². The summed E-state index contributed by atoms with van der Waals surface area (Å²) in [5.41, 5.74) is 1.70. The van der Waals surface area contributed by atoms with Crippen molar-refractivity contribution in [2.45, 2.75) is 42.9 Å². The summed E-state index contributed by atoms with van der Waals surface area (Å²) in [5.74, 6) is 0. The van der Waals surface area contributed by atoms with E-state index in [1.165, 1.54) is 22.5 Å². The molecule has 3 rings (SSSR count). The number of hydrogen-bond acceptors (Lipinski definition) is 4. The first-order chi connectivity index (χ1) is 13.1. The first-order valence-electron chi connectivity index (χ1n) is 9.01. The second-order valence-electron chi connectivity index (χ2n) is 6.96. The van der Waals surface area contributed by atoms with Gasteiger partial charge in [-0.15, -0.1) is 0 Å². The van der Waals surface area contributed by atoms with E-state index in [-0.39, 0.29) is 15.5 Å². The number of benzene rings is 2. The lowest BCUT2D eigenvalue weighted by atomic mass is 10.2. The van der Waals surface area contributed by atoms with Crippen LogP contribution in [-0.2, 0) is 20.0 Å². The van der Waals surface area contributed by atoms with Gasteiger partial charge in [-0.3, -0.25) is 4.72 Å². The molecule has 0 aromatic heterocycles. The van der Waals surface area contributed by atoms with Crippen molar-refractivity contribution >= 4 is 41.7 Å². The Morgan fingerprint density at radius 1 is 0.857 bits per heavy atom. The van der Waals surface area contributed by atoms with E-state index in [2.05, 4.69) is 20.7 Å². The average Bonchev–Trinajstić information content (AvgIpc) is 2.66. The fourth-order valence-electron chi connectivity index (χ4n) is 3.11. The molecule has 1 aliphatic heterocycles. The summed E-state index contributed by atoms with van der Waals surface area (Å²) < 4.78 is 56.2. The van der Waals surface area contributed by atoms with Crippen LogP contribution in [0.4, 0.5) is 5.69 Å². The highest BCUT2D eigenvalue weighted by Gasteiger charge is 2.27. The highest BCUT2D eigenvalue weighted by Crippen LogP contribution is 2.28. The number of nitrogens with one attached hydrogen (secondary N) is 1. The van der Waals surface area contributed by atoms with Gasteiger partial charge in [0.2, 0.25) is 10.0 Å². The highest BCUT2D eigenvalue weighted by molar-refractivity contribution is 9.10. The van der Waals surface area contributed by atoms with E-state index < -0.39 is 20.0 Å². The summed E-state index contributed by atoms with van der Waals surface area (Å²) in [6.07, 6.45) is 2.71. The van der Waals surface area contributed by atoms with Gasteiger partial charge in [0.1, 0.15) is 0 Å². The van der Waals surface area contributed by atoms with Crippen LogP contribution in [0.5, 0.6) is 0 Å². The second-order valence-corrected chi connectivity index (χ2v) is 11.4. The normalized spacial score (nSPS) is 16.1. The van der Waals surface area contributed by atoms with Crippen molar-refractivity contribution in [2.24, 2.45) is 0 Å². The fourth-order valence-corrected chi connectivity index (χ4v) is 6.11. The van der Waals surface area contributed by atoms with E-state index in [1.54, 1.807) is 32.0 Å². The molecule has 2 aromatic carbocycles. The molecule has 6 nitrogen and oxygen atoms in total. The molecular formula is C19H23BrN2O4S2. The van der Waals surface area contributed by atoms with Crippen LogP contribution in [0.15, 0.2) is 50.7 Å². The zero-order chi connectivity index (χ0) is 20.5. The molecule has 0 spiro atoms. The van der Waals surface area contributed by atoms with E-state index in [0.717, 1.165) is 29.3 Å². The summed E-state index contributed by atoms with van der Waals surface area (Å²) in [4.78, 5) is 0.224. The van der Waals surface area contributed by atoms with Crippen LogP contribution in [0, 0.1) is 13.8 Å². The summed E-state index contributed by atoms with van der Waals surface area (Å²) in [6.45, 7) is 4.53. The number of rotatable bonds is 5. The number of halogens is 1. The van der Waals surface area contributed by atoms with Gasteiger partial charge in [-0.1, -0.05) is 28.4 Å². The quantitative estimate of drug-likeness (QED) is 0.690. The van der Waals surface area contributed by atoms with Gasteiger partial charge in [-0.25, -0.2) is 16.8 Å². The maximum atomic E-state index is 12.9. The van der Waals surface area contributed by atoms with Crippen LogP contribution in [0.2, 0.25) is 0 Å². The third-order valence-electron chi connectivity index (χ3n) is 4.85. The van der Waals surface area contributed by atoms with Crippen molar-refractivity contribution in [1.29, 1.82) is 0 Å². The summed E-state index contributed by atoms with van der Waals surface area (Å²) in [6, 6.07) is 9.30. The Labute approximate surface area is 175 Å². The molecular weight excluding hydrogens is 464 g/mol. The Bertz CT molecular complexity index is 1090. The van der Waals surface area contributed by atoms with Gasteiger partial charge in [-0.05, 0) is 68.1 Å². The molecule has 2 aromatic rings.